The van der Waals surface area contributed by atoms with Crippen molar-refractivity contribution < 1.29 is 14.3 Å². The third-order valence-corrected chi connectivity index (χ3v) is 3.56. The van der Waals surface area contributed by atoms with Crippen LogP contribution in [0, 0.1) is 0 Å². The standard InChI is InChI=1S/C13H16N2O3S/c1-13(2,16)8-19-12-15-14-11(18-12)9-4-6-10(17-3)7-5-9/h4-7,16H,8H2,1-3H3. The highest BCUT2D eigenvalue weighted by molar-refractivity contribution is 7.99. The second kappa shape index (κ2) is 5.63. The summed E-state index contributed by atoms with van der Waals surface area (Å²) in [5.74, 6) is 1.73. The highest BCUT2D eigenvalue weighted by Crippen LogP contribution is 2.26. The molecule has 0 amide bonds. The molecule has 0 aliphatic rings. The van der Waals surface area contributed by atoms with Crippen LogP contribution in [0.4, 0.5) is 0 Å². The van der Waals surface area contributed by atoms with Gasteiger partial charge in [0, 0.05) is 11.3 Å². The molecule has 0 fully saturated rings. The van der Waals surface area contributed by atoms with Gasteiger partial charge in [0.05, 0.1) is 12.7 Å². The predicted octanol–water partition coefficient (Wildman–Crippen LogP) is 2.61. The van der Waals surface area contributed by atoms with Crippen molar-refractivity contribution in [2.24, 2.45) is 0 Å². The van der Waals surface area contributed by atoms with E-state index in [0.717, 1.165) is 11.3 Å². The van der Waals surface area contributed by atoms with Gasteiger partial charge in [0.15, 0.2) is 0 Å². The van der Waals surface area contributed by atoms with Crippen LogP contribution in [0.25, 0.3) is 11.5 Å². The third-order valence-electron chi connectivity index (χ3n) is 2.29. The van der Waals surface area contributed by atoms with E-state index in [4.69, 9.17) is 9.15 Å². The highest BCUT2D eigenvalue weighted by atomic mass is 32.2. The Morgan fingerprint density at radius 2 is 1.95 bits per heavy atom. The summed E-state index contributed by atoms with van der Waals surface area (Å²) in [6, 6.07) is 7.39. The van der Waals surface area contributed by atoms with Crippen LogP contribution in [0.3, 0.4) is 0 Å². The summed E-state index contributed by atoms with van der Waals surface area (Å²) in [4.78, 5) is 0. The zero-order chi connectivity index (χ0) is 13.9. The van der Waals surface area contributed by atoms with E-state index >= 15 is 0 Å². The zero-order valence-corrected chi connectivity index (χ0v) is 11.9. The normalized spacial score (nSPS) is 11.6. The molecule has 5 nitrogen and oxygen atoms in total. The number of hydrogen-bond acceptors (Lipinski definition) is 6. The number of aliphatic hydroxyl groups is 1. The zero-order valence-electron chi connectivity index (χ0n) is 11.1. The first-order valence-electron chi connectivity index (χ1n) is 5.81. The molecule has 6 heteroatoms. The average Bonchev–Trinajstić information content (AvgIpc) is 2.84. The maximum atomic E-state index is 9.64. The fourth-order valence-corrected chi connectivity index (χ4v) is 2.07. The van der Waals surface area contributed by atoms with Crippen molar-refractivity contribution in [3.05, 3.63) is 24.3 Å². The third kappa shape index (κ3) is 3.97. The van der Waals surface area contributed by atoms with Crippen LogP contribution in [-0.2, 0) is 0 Å². The molecule has 0 saturated carbocycles. The average molecular weight is 280 g/mol. The first kappa shape index (κ1) is 13.9. The van der Waals surface area contributed by atoms with Crippen LogP contribution in [0.15, 0.2) is 33.9 Å². The lowest BCUT2D eigenvalue weighted by Gasteiger charge is -2.13. The van der Waals surface area contributed by atoms with Gasteiger partial charge in [0.25, 0.3) is 5.22 Å². The number of rotatable bonds is 5. The van der Waals surface area contributed by atoms with Gasteiger partial charge in [-0.25, -0.2) is 0 Å². The van der Waals surface area contributed by atoms with Crippen LogP contribution in [0.5, 0.6) is 5.75 Å². The molecule has 2 rings (SSSR count). The summed E-state index contributed by atoms with van der Waals surface area (Å²) in [5, 5.41) is 18.0. The van der Waals surface area contributed by atoms with Crippen LogP contribution >= 0.6 is 11.8 Å². The quantitative estimate of drug-likeness (QED) is 0.849. The van der Waals surface area contributed by atoms with Crippen molar-refractivity contribution in [1.82, 2.24) is 10.2 Å². The van der Waals surface area contributed by atoms with Crippen molar-refractivity contribution in [2.45, 2.75) is 24.7 Å². The smallest absolute Gasteiger partial charge is 0.276 e. The molecule has 2 aromatic rings. The van der Waals surface area contributed by atoms with E-state index in [1.165, 1.54) is 11.8 Å². The second-order valence-electron chi connectivity index (χ2n) is 4.70. The van der Waals surface area contributed by atoms with E-state index < -0.39 is 5.60 Å². The second-order valence-corrected chi connectivity index (χ2v) is 5.63. The SMILES string of the molecule is COc1ccc(-c2nnc(SCC(C)(C)O)o2)cc1. The molecule has 1 N–H and O–H groups in total. The Balaban J connectivity index is 2.07. The van der Waals surface area contributed by atoms with Crippen LogP contribution in [0.1, 0.15) is 13.8 Å². The van der Waals surface area contributed by atoms with E-state index in [-0.39, 0.29) is 0 Å². The van der Waals surface area contributed by atoms with Gasteiger partial charge >= 0.3 is 0 Å². The Labute approximate surface area is 116 Å². The molecule has 0 aliphatic carbocycles. The van der Waals surface area contributed by atoms with Gasteiger partial charge in [-0.1, -0.05) is 11.8 Å². The van der Waals surface area contributed by atoms with Gasteiger partial charge in [-0.2, -0.15) is 0 Å². The molecular formula is C13H16N2O3S. The van der Waals surface area contributed by atoms with Gasteiger partial charge in [0.2, 0.25) is 5.89 Å². The van der Waals surface area contributed by atoms with E-state index in [0.29, 0.717) is 16.9 Å². The minimum Gasteiger partial charge on any atom is -0.497 e. The van der Waals surface area contributed by atoms with E-state index in [1.807, 2.05) is 24.3 Å². The molecule has 0 atom stereocenters. The van der Waals surface area contributed by atoms with Crippen molar-refractivity contribution in [3.63, 3.8) is 0 Å². The maximum Gasteiger partial charge on any atom is 0.276 e. The fourth-order valence-electron chi connectivity index (χ4n) is 1.36. The van der Waals surface area contributed by atoms with Crippen molar-refractivity contribution in [2.75, 3.05) is 12.9 Å². The fraction of sp³-hybridized carbons (Fsp3) is 0.385. The van der Waals surface area contributed by atoms with Gasteiger partial charge < -0.3 is 14.3 Å². The molecule has 1 aromatic carbocycles. The molecule has 1 aromatic heterocycles. The topological polar surface area (TPSA) is 68.4 Å². The Morgan fingerprint density at radius 3 is 2.53 bits per heavy atom. The molecule has 0 unspecified atom stereocenters. The molecule has 0 bridgehead atoms. The van der Waals surface area contributed by atoms with Gasteiger partial charge in [-0.05, 0) is 38.1 Å². The lowest BCUT2D eigenvalue weighted by atomic mass is 10.2. The monoisotopic (exact) mass is 280 g/mol. The van der Waals surface area contributed by atoms with E-state index in [9.17, 15) is 5.11 Å². The Hall–Kier alpha value is -1.53. The van der Waals surface area contributed by atoms with Gasteiger partial charge in [-0.15, -0.1) is 10.2 Å². The van der Waals surface area contributed by atoms with Crippen molar-refractivity contribution >= 4 is 11.8 Å². The Bertz CT molecular complexity index is 532. The summed E-state index contributed by atoms with van der Waals surface area (Å²) in [7, 11) is 1.62. The molecule has 0 aliphatic heterocycles. The summed E-state index contributed by atoms with van der Waals surface area (Å²) < 4.78 is 10.6. The minimum absolute atomic E-state index is 0.452. The van der Waals surface area contributed by atoms with Crippen LogP contribution in [-0.4, -0.2) is 33.8 Å². The van der Waals surface area contributed by atoms with E-state index in [2.05, 4.69) is 10.2 Å². The molecule has 0 radical (unpaired) electrons. The number of methoxy groups -OCH3 is 1. The Kier molecular flexibility index (Phi) is 4.11. The first-order valence-corrected chi connectivity index (χ1v) is 6.79. The predicted molar refractivity (Wildman–Crippen MR) is 73.3 cm³/mol. The molecule has 19 heavy (non-hydrogen) atoms. The molecule has 102 valence electrons. The summed E-state index contributed by atoms with van der Waals surface area (Å²) in [6.07, 6.45) is 0. The molecular weight excluding hydrogens is 264 g/mol. The van der Waals surface area contributed by atoms with Gasteiger partial charge in [0.1, 0.15) is 5.75 Å². The largest absolute Gasteiger partial charge is 0.497 e. The first-order chi connectivity index (χ1) is 8.98. The van der Waals surface area contributed by atoms with Gasteiger partial charge in [-0.3, -0.25) is 0 Å². The van der Waals surface area contributed by atoms with Crippen molar-refractivity contribution in [3.8, 4) is 17.2 Å². The number of nitrogens with zero attached hydrogens (tertiary/aromatic N) is 2. The molecule has 1 heterocycles. The summed E-state index contributed by atoms with van der Waals surface area (Å²) >= 11 is 1.34. The van der Waals surface area contributed by atoms with Crippen molar-refractivity contribution in [1.29, 1.82) is 0 Å². The molecule has 0 spiro atoms. The summed E-state index contributed by atoms with van der Waals surface area (Å²) in [6.45, 7) is 3.47. The number of aromatic nitrogens is 2. The number of thioether (sulfide) groups is 1. The summed E-state index contributed by atoms with van der Waals surface area (Å²) in [5.41, 5.74) is 0.0720. The lowest BCUT2D eigenvalue weighted by Crippen LogP contribution is -2.21. The van der Waals surface area contributed by atoms with Crippen LogP contribution in [0.2, 0.25) is 0 Å². The number of ether oxygens (including phenoxy) is 1. The number of hydrogen-bond donors (Lipinski definition) is 1. The minimum atomic E-state index is -0.764. The Morgan fingerprint density at radius 1 is 1.26 bits per heavy atom. The van der Waals surface area contributed by atoms with Crippen LogP contribution < -0.4 is 4.74 Å². The number of benzene rings is 1. The highest BCUT2D eigenvalue weighted by Gasteiger charge is 2.16. The maximum absolute atomic E-state index is 9.64. The lowest BCUT2D eigenvalue weighted by molar-refractivity contribution is 0.106. The van der Waals surface area contributed by atoms with E-state index in [1.54, 1.807) is 21.0 Å². The molecule has 0 saturated heterocycles.